The van der Waals surface area contributed by atoms with E-state index in [0.29, 0.717) is 5.75 Å². The second kappa shape index (κ2) is 10.1. The first-order chi connectivity index (χ1) is 14.4. The number of carbonyl (C=O) groups excluding carboxylic acids is 4. The number of imide groups is 1. The van der Waals surface area contributed by atoms with Crippen LogP contribution in [0.4, 0.5) is 0 Å². The smallest absolute Gasteiger partial charge is 0.330 e. The summed E-state index contributed by atoms with van der Waals surface area (Å²) in [6.07, 6.45) is 6.34. The third-order valence-corrected chi connectivity index (χ3v) is 6.26. The normalized spacial score (nSPS) is 18.7. The molecule has 2 aliphatic rings. The summed E-state index contributed by atoms with van der Waals surface area (Å²) in [6.45, 7) is 1.52. The lowest BCUT2D eigenvalue weighted by atomic mass is 9.95. The van der Waals surface area contributed by atoms with Gasteiger partial charge in [-0.2, -0.15) is 11.8 Å². The summed E-state index contributed by atoms with van der Waals surface area (Å²) >= 11 is 1.50. The SMILES string of the molecule is CSCC[C@@H](C(=O)O[C@H](C)C(=O)NC1CCCCC1)N1C(=O)c2ccccc2C1=O. The number of nitrogens with zero attached hydrogens (tertiary/aromatic N) is 1. The zero-order valence-electron chi connectivity index (χ0n) is 17.4. The molecule has 0 aromatic heterocycles. The minimum Gasteiger partial charge on any atom is -0.451 e. The molecule has 1 N–H and O–H groups in total. The Morgan fingerprint density at radius 1 is 1.13 bits per heavy atom. The fourth-order valence-corrected chi connectivity index (χ4v) is 4.40. The number of esters is 1. The third-order valence-electron chi connectivity index (χ3n) is 5.62. The van der Waals surface area contributed by atoms with Crippen LogP contribution < -0.4 is 5.32 Å². The number of nitrogens with one attached hydrogen (secondary N) is 1. The van der Waals surface area contributed by atoms with Crippen molar-refractivity contribution in [2.45, 2.75) is 63.6 Å². The molecule has 2 atom stereocenters. The lowest BCUT2D eigenvalue weighted by Gasteiger charge is -2.27. The summed E-state index contributed by atoms with van der Waals surface area (Å²) < 4.78 is 5.41. The zero-order chi connectivity index (χ0) is 21.7. The molecule has 0 bridgehead atoms. The molecule has 0 spiro atoms. The van der Waals surface area contributed by atoms with Crippen molar-refractivity contribution in [1.82, 2.24) is 10.2 Å². The van der Waals surface area contributed by atoms with Crippen LogP contribution in [0, 0.1) is 0 Å². The molecule has 1 fully saturated rings. The first-order valence-electron chi connectivity index (χ1n) is 10.4. The molecule has 1 aliphatic carbocycles. The summed E-state index contributed by atoms with van der Waals surface area (Å²) in [6, 6.07) is 5.56. The molecule has 0 radical (unpaired) electrons. The number of fused-ring (bicyclic) bond motifs is 1. The topological polar surface area (TPSA) is 92.8 Å². The van der Waals surface area contributed by atoms with Gasteiger partial charge in [-0.05, 0) is 50.3 Å². The van der Waals surface area contributed by atoms with Gasteiger partial charge in [0.25, 0.3) is 17.7 Å². The Kier molecular flexibility index (Phi) is 7.53. The maximum absolute atomic E-state index is 12.9. The Hall–Kier alpha value is -2.35. The molecular formula is C22H28N2O5S. The Bertz CT molecular complexity index is 787. The van der Waals surface area contributed by atoms with Crippen LogP contribution in [-0.2, 0) is 14.3 Å². The zero-order valence-corrected chi connectivity index (χ0v) is 18.2. The van der Waals surface area contributed by atoms with Crippen molar-refractivity contribution in [2.75, 3.05) is 12.0 Å². The molecule has 1 aromatic carbocycles. The van der Waals surface area contributed by atoms with Gasteiger partial charge in [0, 0.05) is 6.04 Å². The predicted molar refractivity (Wildman–Crippen MR) is 114 cm³/mol. The Morgan fingerprint density at radius 2 is 1.73 bits per heavy atom. The summed E-state index contributed by atoms with van der Waals surface area (Å²) in [5.74, 6) is -1.52. The van der Waals surface area contributed by atoms with E-state index in [1.807, 2.05) is 6.26 Å². The van der Waals surface area contributed by atoms with Gasteiger partial charge in [0.2, 0.25) is 0 Å². The van der Waals surface area contributed by atoms with Crippen molar-refractivity contribution in [3.8, 4) is 0 Å². The van der Waals surface area contributed by atoms with Crippen molar-refractivity contribution in [1.29, 1.82) is 0 Å². The molecule has 3 amide bonds. The van der Waals surface area contributed by atoms with E-state index in [-0.39, 0.29) is 29.5 Å². The van der Waals surface area contributed by atoms with Gasteiger partial charge in [-0.1, -0.05) is 31.4 Å². The largest absolute Gasteiger partial charge is 0.451 e. The average Bonchev–Trinajstić information content (AvgIpc) is 3.00. The van der Waals surface area contributed by atoms with Gasteiger partial charge in [0.05, 0.1) is 11.1 Å². The van der Waals surface area contributed by atoms with Crippen molar-refractivity contribution in [3.63, 3.8) is 0 Å². The van der Waals surface area contributed by atoms with Crippen molar-refractivity contribution in [3.05, 3.63) is 35.4 Å². The Labute approximate surface area is 180 Å². The van der Waals surface area contributed by atoms with E-state index in [1.165, 1.54) is 25.1 Å². The summed E-state index contributed by atoms with van der Waals surface area (Å²) in [4.78, 5) is 52.0. The number of benzene rings is 1. The van der Waals surface area contributed by atoms with Crippen LogP contribution in [0.2, 0.25) is 0 Å². The molecule has 0 saturated heterocycles. The van der Waals surface area contributed by atoms with Gasteiger partial charge in [0.1, 0.15) is 6.04 Å². The Balaban J connectivity index is 1.69. The summed E-state index contributed by atoms with van der Waals surface area (Å²) in [5, 5.41) is 2.94. The first-order valence-corrected chi connectivity index (χ1v) is 11.8. The number of thioether (sulfide) groups is 1. The first kappa shape index (κ1) is 22.3. The van der Waals surface area contributed by atoms with Crippen LogP contribution in [0.25, 0.3) is 0 Å². The van der Waals surface area contributed by atoms with Crippen LogP contribution >= 0.6 is 11.8 Å². The molecule has 162 valence electrons. The van der Waals surface area contributed by atoms with Gasteiger partial charge in [-0.15, -0.1) is 0 Å². The lowest BCUT2D eigenvalue weighted by Crippen LogP contribution is -2.49. The monoisotopic (exact) mass is 432 g/mol. The molecule has 8 heteroatoms. The predicted octanol–water partition coefficient (Wildman–Crippen LogP) is 2.78. The van der Waals surface area contributed by atoms with E-state index in [4.69, 9.17) is 4.74 Å². The molecule has 30 heavy (non-hydrogen) atoms. The minimum atomic E-state index is -1.06. The van der Waals surface area contributed by atoms with E-state index >= 15 is 0 Å². The lowest BCUT2D eigenvalue weighted by molar-refractivity contribution is -0.158. The molecular weight excluding hydrogens is 404 g/mol. The maximum Gasteiger partial charge on any atom is 0.330 e. The highest BCUT2D eigenvalue weighted by Crippen LogP contribution is 2.27. The standard InChI is InChI=1S/C22H28N2O5S/c1-14(19(25)23-15-8-4-3-5-9-15)29-22(28)18(12-13-30-2)24-20(26)16-10-6-7-11-17(16)21(24)27/h6-7,10-11,14-15,18H,3-5,8-9,12-13H2,1-2H3,(H,23,25)/t14-,18+/m1/s1. The van der Waals surface area contributed by atoms with E-state index in [2.05, 4.69) is 5.32 Å². The highest BCUT2D eigenvalue weighted by molar-refractivity contribution is 7.98. The minimum absolute atomic E-state index is 0.107. The van der Waals surface area contributed by atoms with Gasteiger partial charge >= 0.3 is 5.97 Å². The summed E-state index contributed by atoms with van der Waals surface area (Å²) in [7, 11) is 0. The Morgan fingerprint density at radius 3 is 2.30 bits per heavy atom. The summed E-state index contributed by atoms with van der Waals surface area (Å²) in [5.41, 5.74) is 0.570. The van der Waals surface area contributed by atoms with Crippen LogP contribution in [0.15, 0.2) is 24.3 Å². The second-order valence-electron chi connectivity index (χ2n) is 7.75. The maximum atomic E-state index is 12.9. The molecule has 0 unspecified atom stereocenters. The molecule has 3 rings (SSSR count). The fourth-order valence-electron chi connectivity index (χ4n) is 3.94. The number of carbonyl (C=O) groups is 4. The van der Waals surface area contributed by atoms with E-state index < -0.39 is 29.9 Å². The van der Waals surface area contributed by atoms with E-state index in [0.717, 1.165) is 30.6 Å². The van der Waals surface area contributed by atoms with Crippen molar-refractivity contribution >= 4 is 35.5 Å². The van der Waals surface area contributed by atoms with Gasteiger partial charge in [-0.25, -0.2) is 4.79 Å². The highest BCUT2D eigenvalue weighted by atomic mass is 32.2. The van der Waals surface area contributed by atoms with Crippen LogP contribution in [0.1, 0.15) is 66.2 Å². The second-order valence-corrected chi connectivity index (χ2v) is 8.73. The van der Waals surface area contributed by atoms with Gasteiger partial charge in [-0.3, -0.25) is 19.3 Å². The van der Waals surface area contributed by atoms with Crippen molar-refractivity contribution < 1.29 is 23.9 Å². The average molecular weight is 433 g/mol. The molecule has 1 heterocycles. The number of hydrogen-bond acceptors (Lipinski definition) is 6. The molecule has 1 saturated carbocycles. The number of ether oxygens (including phenoxy) is 1. The fraction of sp³-hybridized carbons (Fsp3) is 0.545. The molecule has 1 aromatic rings. The van der Waals surface area contributed by atoms with E-state index in [9.17, 15) is 19.2 Å². The number of rotatable bonds is 8. The van der Waals surface area contributed by atoms with Crippen molar-refractivity contribution in [2.24, 2.45) is 0 Å². The number of amides is 3. The molecule has 7 nitrogen and oxygen atoms in total. The van der Waals surface area contributed by atoms with Crippen LogP contribution in [0.5, 0.6) is 0 Å². The van der Waals surface area contributed by atoms with Gasteiger partial charge in [0.15, 0.2) is 6.10 Å². The quantitative estimate of drug-likeness (QED) is 0.502. The third kappa shape index (κ3) is 4.86. The number of hydrogen-bond donors (Lipinski definition) is 1. The highest BCUT2D eigenvalue weighted by Gasteiger charge is 2.43. The van der Waals surface area contributed by atoms with Gasteiger partial charge < -0.3 is 10.1 Å². The van der Waals surface area contributed by atoms with E-state index in [1.54, 1.807) is 24.3 Å². The van der Waals surface area contributed by atoms with Crippen LogP contribution in [-0.4, -0.2) is 58.8 Å². The van der Waals surface area contributed by atoms with Crippen LogP contribution in [0.3, 0.4) is 0 Å². The molecule has 1 aliphatic heterocycles.